The first kappa shape index (κ1) is 21.5. The highest BCUT2D eigenvalue weighted by Gasteiger charge is 2.36. The van der Waals surface area contributed by atoms with Gasteiger partial charge in [-0.2, -0.15) is 0 Å². The molecule has 1 aliphatic rings. The van der Waals surface area contributed by atoms with Gasteiger partial charge in [0, 0.05) is 24.3 Å². The first-order chi connectivity index (χ1) is 12.1. The minimum atomic E-state index is -1.16. The van der Waals surface area contributed by atoms with Crippen LogP contribution in [0, 0.1) is 11.8 Å². The second-order valence-electron chi connectivity index (χ2n) is 7.01. The third-order valence-electron chi connectivity index (χ3n) is 4.31. The van der Waals surface area contributed by atoms with Crippen LogP contribution in [0.4, 0.5) is 0 Å². The molecule has 142 valence electrons. The van der Waals surface area contributed by atoms with Crippen LogP contribution in [0.15, 0.2) is 35.6 Å². The Morgan fingerprint density at radius 1 is 1.31 bits per heavy atom. The molecule has 0 saturated carbocycles. The van der Waals surface area contributed by atoms with Gasteiger partial charge in [0.2, 0.25) is 0 Å². The Hall–Kier alpha value is -2.50. The summed E-state index contributed by atoms with van der Waals surface area (Å²) in [4.78, 5) is 45.8. The van der Waals surface area contributed by atoms with E-state index in [-0.39, 0.29) is 23.5 Å². The molecule has 0 radical (unpaired) electrons. The molecule has 1 N–H and O–H groups in total. The first-order valence-corrected chi connectivity index (χ1v) is 8.54. The van der Waals surface area contributed by atoms with Crippen LogP contribution in [-0.2, 0) is 23.9 Å². The summed E-state index contributed by atoms with van der Waals surface area (Å²) in [6.07, 6.45) is 5.52. The highest BCUT2D eigenvalue weighted by molar-refractivity contribution is 5.82. The SMILES string of the molecule is C=C(CCCC(C)=O)C(C(=O)O)C(CC=O)C(C=O)=C1C=CC(C)(C)O1. The molecule has 0 amide bonds. The van der Waals surface area contributed by atoms with Gasteiger partial charge in [-0.25, -0.2) is 0 Å². The maximum atomic E-state index is 11.9. The van der Waals surface area contributed by atoms with E-state index in [2.05, 4.69) is 6.58 Å². The first-order valence-electron chi connectivity index (χ1n) is 8.54. The van der Waals surface area contributed by atoms with Gasteiger partial charge in [-0.3, -0.25) is 9.59 Å². The Balaban J connectivity index is 3.18. The molecule has 0 spiro atoms. The van der Waals surface area contributed by atoms with Crippen molar-refractivity contribution in [2.75, 3.05) is 0 Å². The molecular formula is C20H26O6. The van der Waals surface area contributed by atoms with Crippen molar-refractivity contribution in [3.8, 4) is 0 Å². The molecule has 0 aromatic rings. The Kier molecular flexibility index (Phi) is 7.68. The number of hydrogen-bond acceptors (Lipinski definition) is 5. The summed E-state index contributed by atoms with van der Waals surface area (Å²) in [6, 6.07) is 0. The molecule has 6 nitrogen and oxygen atoms in total. The number of carbonyl (C=O) groups excluding carboxylic acids is 3. The molecule has 1 rings (SSSR count). The Bertz CT molecular complexity index is 653. The van der Waals surface area contributed by atoms with E-state index in [4.69, 9.17) is 4.74 Å². The van der Waals surface area contributed by atoms with Gasteiger partial charge in [-0.05, 0) is 45.8 Å². The lowest BCUT2D eigenvalue weighted by Crippen LogP contribution is -2.29. The van der Waals surface area contributed by atoms with Crippen molar-refractivity contribution in [3.63, 3.8) is 0 Å². The zero-order valence-electron chi connectivity index (χ0n) is 15.5. The lowest BCUT2D eigenvalue weighted by molar-refractivity contribution is -0.141. The predicted molar refractivity (Wildman–Crippen MR) is 96.4 cm³/mol. The summed E-state index contributed by atoms with van der Waals surface area (Å²) in [5.74, 6) is -2.86. The number of rotatable bonds is 11. The number of aliphatic carboxylic acids is 1. The van der Waals surface area contributed by atoms with Gasteiger partial charge in [-0.1, -0.05) is 12.2 Å². The fourth-order valence-electron chi connectivity index (χ4n) is 3.01. The number of hydrogen-bond donors (Lipinski definition) is 1. The van der Waals surface area contributed by atoms with E-state index < -0.39 is 23.4 Å². The predicted octanol–water partition coefficient (Wildman–Crippen LogP) is 3.03. The number of allylic oxidation sites excluding steroid dienone is 2. The third-order valence-corrected chi connectivity index (χ3v) is 4.31. The molecule has 0 fully saturated rings. The Morgan fingerprint density at radius 2 is 1.96 bits per heavy atom. The van der Waals surface area contributed by atoms with E-state index in [0.29, 0.717) is 37.4 Å². The van der Waals surface area contributed by atoms with E-state index in [9.17, 15) is 24.3 Å². The van der Waals surface area contributed by atoms with Crippen LogP contribution >= 0.6 is 0 Å². The van der Waals surface area contributed by atoms with Crippen LogP contribution in [-0.4, -0.2) is 35.0 Å². The maximum absolute atomic E-state index is 11.9. The minimum absolute atomic E-state index is 0.0107. The fraction of sp³-hybridized carbons (Fsp3) is 0.500. The smallest absolute Gasteiger partial charge is 0.311 e. The van der Waals surface area contributed by atoms with E-state index in [1.165, 1.54) is 6.92 Å². The molecule has 1 aliphatic heterocycles. The van der Waals surface area contributed by atoms with Crippen LogP contribution in [0.25, 0.3) is 0 Å². The van der Waals surface area contributed by atoms with Crippen molar-refractivity contribution >= 4 is 24.3 Å². The van der Waals surface area contributed by atoms with Gasteiger partial charge >= 0.3 is 5.97 Å². The van der Waals surface area contributed by atoms with Gasteiger partial charge in [-0.15, -0.1) is 0 Å². The maximum Gasteiger partial charge on any atom is 0.311 e. The number of Topliss-reactive ketones (excluding diaryl/α,β-unsaturated/α-hetero) is 1. The summed E-state index contributed by atoms with van der Waals surface area (Å²) in [5.41, 5.74) is -0.0853. The number of ketones is 1. The number of carboxylic acids is 1. The number of ether oxygens (including phenoxy) is 1. The average molecular weight is 362 g/mol. The standard InChI is InChI=1S/C20H26O6/c1-13(6-5-7-14(2)23)18(19(24)25)15(9-11-21)16(12-22)17-8-10-20(3,4)26-17/h8,10-12,15,18H,1,5-7,9H2,2-4H3,(H,24,25). The zero-order valence-corrected chi connectivity index (χ0v) is 15.5. The molecule has 2 unspecified atom stereocenters. The van der Waals surface area contributed by atoms with E-state index in [1.807, 2.05) is 13.8 Å². The van der Waals surface area contributed by atoms with Crippen molar-refractivity contribution in [2.45, 2.75) is 52.1 Å². The molecule has 6 heteroatoms. The van der Waals surface area contributed by atoms with Crippen LogP contribution in [0.2, 0.25) is 0 Å². The molecule has 0 aromatic carbocycles. The molecule has 0 bridgehead atoms. The second kappa shape index (κ2) is 9.27. The van der Waals surface area contributed by atoms with E-state index in [1.54, 1.807) is 12.2 Å². The molecule has 0 aliphatic carbocycles. The van der Waals surface area contributed by atoms with Gasteiger partial charge in [0.15, 0.2) is 0 Å². The molecular weight excluding hydrogens is 336 g/mol. The van der Waals surface area contributed by atoms with Gasteiger partial charge < -0.3 is 19.4 Å². The molecule has 0 aromatic heterocycles. The topological polar surface area (TPSA) is 97.7 Å². The highest BCUT2D eigenvalue weighted by atomic mass is 16.5. The van der Waals surface area contributed by atoms with Crippen molar-refractivity contribution in [1.82, 2.24) is 0 Å². The van der Waals surface area contributed by atoms with Crippen LogP contribution in [0.5, 0.6) is 0 Å². The Morgan fingerprint density at radius 3 is 2.38 bits per heavy atom. The summed E-state index contributed by atoms with van der Waals surface area (Å²) in [7, 11) is 0. The average Bonchev–Trinajstić information content (AvgIpc) is 2.87. The normalized spacial score (nSPS) is 19.2. The number of carboxylic acid groups (broad SMARTS) is 1. The van der Waals surface area contributed by atoms with Crippen molar-refractivity contribution in [1.29, 1.82) is 0 Å². The summed E-state index contributed by atoms with van der Waals surface area (Å²) >= 11 is 0. The lowest BCUT2D eigenvalue weighted by atomic mass is 9.78. The largest absolute Gasteiger partial charge is 0.483 e. The van der Waals surface area contributed by atoms with E-state index in [0.717, 1.165) is 0 Å². The quantitative estimate of drug-likeness (QED) is 0.345. The van der Waals surface area contributed by atoms with Crippen LogP contribution in [0.1, 0.15) is 46.5 Å². The summed E-state index contributed by atoms with van der Waals surface area (Å²) < 4.78 is 5.71. The molecule has 0 saturated heterocycles. The minimum Gasteiger partial charge on any atom is -0.483 e. The summed E-state index contributed by atoms with van der Waals surface area (Å²) in [6.45, 7) is 8.93. The van der Waals surface area contributed by atoms with E-state index >= 15 is 0 Å². The fourth-order valence-corrected chi connectivity index (χ4v) is 3.01. The lowest BCUT2D eigenvalue weighted by Gasteiger charge is -2.26. The zero-order chi connectivity index (χ0) is 19.9. The van der Waals surface area contributed by atoms with Gasteiger partial charge in [0.05, 0.1) is 5.92 Å². The summed E-state index contributed by atoms with van der Waals surface area (Å²) in [5, 5.41) is 9.70. The van der Waals surface area contributed by atoms with Crippen molar-refractivity contribution < 1.29 is 29.0 Å². The highest BCUT2D eigenvalue weighted by Crippen LogP contribution is 2.36. The Labute approximate surface area is 153 Å². The third kappa shape index (κ3) is 5.79. The van der Waals surface area contributed by atoms with Gasteiger partial charge in [0.25, 0.3) is 0 Å². The molecule has 26 heavy (non-hydrogen) atoms. The second-order valence-corrected chi connectivity index (χ2v) is 7.01. The van der Waals surface area contributed by atoms with Crippen LogP contribution in [0.3, 0.4) is 0 Å². The monoisotopic (exact) mass is 362 g/mol. The van der Waals surface area contributed by atoms with Crippen molar-refractivity contribution in [2.24, 2.45) is 11.8 Å². The molecule has 1 heterocycles. The van der Waals surface area contributed by atoms with Gasteiger partial charge in [0.1, 0.15) is 29.7 Å². The number of aldehydes is 2. The molecule has 2 atom stereocenters. The van der Waals surface area contributed by atoms with Crippen molar-refractivity contribution in [3.05, 3.63) is 35.6 Å². The van der Waals surface area contributed by atoms with Crippen LogP contribution < -0.4 is 0 Å². The number of carbonyl (C=O) groups is 4.